The van der Waals surface area contributed by atoms with Crippen molar-refractivity contribution in [3.05, 3.63) is 0 Å². The number of rotatable bonds is 6. The molecule has 1 fully saturated rings. The summed E-state index contributed by atoms with van der Waals surface area (Å²) in [5, 5.41) is 3.57. The first-order valence-electron chi connectivity index (χ1n) is 7.74. The fourth-order valence-corrected chi connectivity index (χ4v) is 2.61. The smallest absolute Gasteiger partial charge is 0.243 e. The third-order valence-corrected chi connectivity index (χ3v) is 4.55. The van der Waals surface area contributed by atoms with Crippen LogP contribution in [0.15, 0.2) is 0 Å². The Bertz CT molecular complexity index is 325. The monoisotopic (exact) mass is 268 g/mol. The third kappa shape index (κ3) is 3.71. The Hall–Kier alpha value is -0.570. The van der Waals surface area contributed by atoms with E-state index in [0.29, 0.717) is 5.92 Å². The van der Waals surface area contributed by atoms with Crippen molar-refractivity contribution in [1.82, 2.24) is 10.2 Å². The van der Waals surface area contributed by atoms with Gasteiger partial charge in [0.05, 0.1) is 11.7 Å². The minimum Gasteiger partial charge on any atom is -0.325 e. The molecule has 0 radical (unpaired) electrons. The summed E-state index contributed by atoms with van der Waals surface area (Å²) in [4.78, 5) is 14.8. The van der Waals surface area contributed by atoms with Crippen LogP contribution in [0.2, 0.25) is 0 Å². The van der Waals surface area contributed by atoms with Gasteiger partial charge in [0.1, 0.15) is 0 Å². The van der Waals surface area contributed by atoms with Gasteiger partial charge in [-0.2, -0.15) is 0 Å². The van der Waals surface area contributed by atoms with E-state index in [2.05, 4.69) is 51.8 Å². The molecule has 0 aromatic heterocycles. The lowest BCUT2D eigenvalue weighted by Crippen LogP contribution is -2.44. The largest absolute Gasteiger partial charge is 0.325 e. The Morgan fingerprint density at radius 3 is 2.37 bits per heavy atom. The zero-order chi connectivity index (χ0) is 14.8. The zero-order valence-corrected chi connectivity index (χ0v) is 13.8. The molecule has 0 bridgehead atoms. The highest BCUT2D eigenvalue weighted by Crippen LogP contribution is 2.31. The highest BCUT2D eigenvalue weighted by atomic mass is 16.2. The van der Waals surface area contributed by atoms with Gasteiger partial charge in [0.25, 0.3) is 0 Å². The van der Waals surface area contributed by atoms with Gasteiger partial charge < -0.3 is 4.90 Å². The van der Waals surface area contributed by atoms with Crippen molar-refractivity contribution >= 4 is 5.91 Å². The van der Waals surface area contributed by atoms with Crippen LogP contribution < -0.4 is 5.32 Å². The first-order valence-corrected chi connectivity index (χ1v) is 7.74. The SMILES string of the molecule is CCC(C)(C)CN1C(=O)C(C)(CC)NC1CC(C)C. The second-order valence-electron chi connectivity index (χ2n) is 7.43. The molecule has 0 aliphatic carbocycles. The molecule has 1 heterocycles. The Labute approximate surface area is 119 Å². The van der Waals surface area contributed by atoms with E-state index >= 15 is 0 Å². The number of nitrogens with zero attached hydrogens (tertiary/aromatic N) is 1. The Kier molecular flexibility index (Phi) is 5.05. The topological polar surface area (TPSA) is 32.3 Å². The second-order valence-corrected chi connectivity index (χ2v) is 7.43. The average Bonchev–Trinajstić information content (AvgIpc) is 2.54. The summed E-state index contributed by atoms with van der Waals surface area (Å²) in [6, 6.07) is 0. The molecule has 1 aliphatic heterocycles. The lowest BCUT2D eigenvalue weighted by molar-refractivity contribution is -0.134. The van der Waals surface area contributed by atoms with Crippen molar-refractivity contribution in [1.29, 1.82) is 0 Å². The van der Waals surface area contributed by atoms with E-state index in [-0.39, 0.29) is 23.0 Å². The molecule has 3 heteroatoms. The summed E-state index contributed by atoms with van der Waals surface area (Å²) in [6.07, 6.45) is 3.17. The van der Waals surface area contributed by atoms with Gasteiger partial charge in [-0.05, 0) is 37.5 Å². The van der Waals surface area contributed by atoms with Gasteiger partial charge in [0, 0.05) is 6.54 Å². The molecule has 3 nitrogen and oxygen atoms in total. The van der Waals surface area contributed by atoms with Crippen LogP contribution >= 0.6 is 0 Å². The fraction of sp³-hybridized carbons (Fsp3) is 0.938. The molecular formula is C16H32N2O. The maximum absolute atomic E-state index is 12.7. The first kappa shape index (κ1) is 16.5. The minimum absolute atomic E-state index is 0.186. The van der Waals surface area contributed by atoms with Crippen molar-refractivity contribution in [2.24, 2.45) is 11.3 Å². The summed E-state index contributed by atoms with van der Waals surface area (Å²) in [6.45, 7) is 16.1. The predicted molar refractivity (Wildman–Crippen MR) is 80.9 cm³/mol. The van der Waals surface area contributed by atoms with Crippen molar-refractivity contribution in [3.8, 4) is 0 Å². The van der Waals surface area contributed by atoms with Crippen molar-refractivity contribution in [3.63, 3.8) is 0 Å². The molecule has 1 saturated heterocycles. The average molecular weight is 268 g/mol. The molecule has 19 heavy (non-hydrogen) atoms. The highest BCUT2D eigenvalue weighted by molar-refractivity contribution is 5.88. The van der Waals surface area contributed by atoms with Crippen LogP contribution in [0, 0.1) is 11.3 Å². The van der Waals surface area contributed by atoms with Gasteiger partial charge in [-0.15, -0.1) is 0 Å². The summed E-state index contributed by atoms with van der Waals surface area (Å²) in [5.41, 5.74) is -0.186. The van der Waals surface area contributed by atoms with Gasteiger partial charge in [0.2, 0.25) is 5.91 Å². The molecule has 112 valence electrons. The van der Waals surface area contributed by atoms with Gasteiger partial charge in [-0.25, -0.2) is 0 Å². The van der Waals surface area contributed by atoms with Crippen LogP contribution in [-0.2, 0) is 4.79 Å². The number of carbonyl (C=O) groups excluding carboxylic acids is 1. The second kappa shape index (κ2) is 5.82. The maximum Gasteiger partial charge on any atom is 0.243 e. The number of nitrogens with one attached hydrogen (secondary N) is 1. The Morgan fingerprint density at radius 1 is 1.37 bits per heavy atom. The van der Waals surface area contributed by atoms with Crippen LogP contribution in [0.4, 0.5) is 0 Å². The van der Waals surface area contributed by atoms with E-state index in [4.69, 9.17) is 0 Å². The van der Waals surface area contributed by atoms with E-state index < -0.39 is 0 Å². The van der Waals surface area contributed by atoms with Crippen LogP contribution in [0.5, 0.6) is 0 Å². The molecule has 1 rings (SSSR count). The van der Waals surface area contributed by atoms with Crippen LogP contribution in [0.1, 0.15) is 67.7 Å². The number of carbonyl (C=O) groups is 1. The van der Waals surface area contributed by atoms with Crippen LogP contribution in [0.25, 0.3) is 0 Å². The van der Waals surface area contributed by atoms with Gasteiger partial charge in [-0.1, -0.05) is 41.5 Å². The number of hydrogen-bond donors (Lipinski definition) is 1. The summed E-state index contributed by atoms with van der Waals surface area (Å²) < 4.78 is 0. The van der Waals surface area contributed by atoms with E-state index in [0.717, 1.165) is 25.8 Å². The molecule has 1 amide bonds. The van der Waals surface area contributed by atoms with Gasteiger partial charge in [0.15, 0.2) is 0 Å². The first-order chi connectivity index (χ1) is 8.65. The van der Waals surface area contributed by atoms with E-state index in [1.54, 1.807) is 0 Å². The number of amides is 1. The molecule has 0 saturated carbocycles. The lowest BCUT2D eigenvalue weighted by atomic mass is 9.89. The summed E-state index contributed by atoms with van der Waals surface area (Å²) in [7, 11) is 0. The lowest BCUT2D eigenvalue weighted by Gasteiger charge is -2.33. The third-order valence-electron chi connectivity index (χ3n) is 4.55. The maximum atomic E-state index is 12.7. The molecule has 1 N–H and O–H groups in total. The molecule has 1 aliphatic rings. The molecular weight excluding hydrogens is 236 g/mol. The molecule has 2 unspecified atom stereocenters. The Morgan fingerprint density at radius 2 is 1.95 bits per heavy atom. The van der Waals surface area contributed by atoms with Crippen molar-refractivity contribution < 1.29 is 4.79 Å². The molecule has 2 atom stereocenters. The minimum atomic E-state index is -0.372. The highest BCUT2D eigenvalue weighted by Gasteiger charge is 2.47. The van der Waals surface area contributed by atoms with Gasteiger partial charge in [-0.3, -0.25) is 10.1 Å². The summed E-state index contributed by atoms with van der Waals surface area (Å²) in [5.74, 6) is 0.874. The van der Waals surface area contributed by atoms with E-state index in [1.807, 2.05) is 6.92 Å². The number of hydrogen-bond acceptors (Lipinski definition) is 2. The van der Waals surface area contributed by atoms with Crippen molar-refractivity contribution in [2.45, 2.75) is 79.4 Å². The standard InChI is InChI=1S/C16H32N2O/c1-8-15(5,6)11-18-13(10-12(3)4)17-16(7,9-2)14(18)19/h12-13,17H,8-11H2,1-7H3. The van der Waals surface area contributed by atoms with E-state index in [9.17, 15) is 4.79 Å². The normalized spacial score (nSPS) is 28.5. The van der Waals surface area contributed by atoms with E-state index in [1.165, 1.54) is 0 Å². The molecule has 0 aromatic rings. The fourth-order valence-electron chi connectivity index (χ4n) is 2.61. The molecule has 0 spiro atoms. The zero-order valence-electron chi connectivity index (χ0n) is 13.8. The summed E-state index contributed by atoms with van der Waals surface area (Å²) >= 11 is 0. The predicted octanol–water partition coefficient (Wildman–Crippen LogP) is 3.40. The van der Waals surface area contributed by atoms with Crippen LogP contribution in [0.3, 0.4) is 0 Å². The quantitative estimate of drug-likeness (QED) is 0.801. The van der Waals surface area contributed by atoms with Crippen molar-refractivity contribution in [2.75, 3.05) is 6.54 Å². The van der Waals surface area contributed by atoms with Gasteiger partial charge >= 0.3 is 0 Å². The Balaban J connectivity index is 2.92. The molecule has 0 aromatic carbocycles. The van der Waals surface area contributed by atoms with Crippen LogP contribution in [-0.4, -0.2) is 29.1 Å².